The Labute approximate surface area is 88.9 Å². The summed E-state index contributed by atoms with van der Waals surface area (Å²) in [5, 5.41) is 0. The van der Waals surface area contributed by atoms with Crippen molar-refractivity contribution in [3.05, 3.63) is 0 Å². The second-order valence-electron chi connectivity index (χ2n) is 5.69. The highest BCUT2D eigenvalue weighted by Crippen LogP contribution is 2.28. The standard InChI is InChI=1S/C13H25N/c1-11-8-12(2)10-14(9-11)13-6-4-3-5-7-13/h11-13H,3-10H2,1-2H3/t11-,12?/m0/s1. The number of rotatable bonds is 1. The van der Waals surface area contributed by atoms with Crippen LogP contribution in [0, 0.1) is 11.8 Å². The molecule has 1 saturated carbocycles. The number of nitrogens with zero attached hydrogens (tertiary/aromatic N) is 1. The van der Waals surface area contributed by atoms with Crippen LogP contribution in [0.5, 0.6) is 0 Å². The molecule has 2 atom stereocenters. The molecule has 0 N–H and O–H groups in total. The Morgan fingerprint density at radius 1 is 0.857 bits per heavy atom. The van der Waals surface area contributed by atoms with Gasteiger partial charge in [0, 0.05) is 19.1 Å². The molecular formula is C13H25N. The molecule has 1 unspecified atom stereocenters. The lowest BCUT2D eigenvalue weighted by molar-refractivity contribution is 0.0759. The minimum absolute atomic E-state index is 0.931. The second-order valence-corrected chi connectivity index (χ2v) is 5.69. The molecule has 0 aromatic heterocycles. The molecule has 0 amide bonds. The van der Waals surface area contributed by atoms with Crippen LogP contribution in [0.4, 0.5) is 0 Å². The molecule has 0 aromatic carbocycles. The normalized spacial score (nSPS) is 37.3. The van der Waals surface area contributed by atoms with E-state index in [0.717, 1.165) is 17.9 Å². The lowest BCUT2D eigenvalue weighted by Gasteiger charge is -2.41. The van der Waals surface area contributed by atoms with Gasteiger partial charge in [-0.05, 0) is 31.1 Å². The van der Waals surface area contributed by atoms with Crippen molar-refractivity contribution in [1.82, 2.24) is 4.90 Å². The van der Waals surface area contributed by atoms with Gasteiger partial charge < -0.3 is 0 Å². The average molecular weight is 195 g/mol. The first-order valence-corrected chi connectivity index (χ1v) is 6.49. The first-order chi connectivity index (χ1) is 6.75. The Morgan fingerprint density at radius 2 is 1.43 bits per heavy atom. The molecule has 82 valence electrons. The molecule has 1 aliphatic heterocycles. The van der Waals surface area contributed by atoms with Gasteiger partial charge in [-0.1, -0.05) is 33.1 Å². The van der Waals surface area contributed by atoms with Gasteiger partial charge in [-0.15, -0.1) is 0 Å². The molecule has 1 aliphatic carbocycles. The molecule has 0 radical (unpaired) electrons. The Balaban J connectivity index is 1.88. The van der Waals surface area contributed by atoms with Gasteiger partial charge in [0.2, 0.25) is 0 Å². The van der Waals surface area contributed by atoms with Gasteiger partial charge >= 0.3 is 0 Å². The first kappa shape index (κ1) is 10.5. The van der Waals surface area contributed by atoms with Gasteiger partial charge in [0.15, 0.2) is 0 Å². The third-order valence-corrected chi connectivity index (χ3v) is 3.99. The zero-order valence-corrected chi connectivity index (χ0v) is 9.84. The third kappa shape index (κ3) is 2.50. The maximum absolute atomic E-state index is 2.79. The summed E-state index contributed by atoms with van der Waals surface area (Å²) in [5.74, 6) is 1.86. The zero-order chi connectivity index (χ0) is 9.97. The fourth-order valence-electron chi connectivity index (χ4n) is 3.46. The Kier molecular flexibility index (Phi) is 3.48. The van der Waals surface area contributed by atoms with Crippen LogP contribution >= 0.6 is 0 Å². The van der Waals surface area contributed by atoms with Crippen molar-refractivity contribution >= 4 is 0 Å². The van der Waals surface area contributed by atoms with E-state index in [4.69, 9.17) is 0 Å². The highest BCUT2D eigenvalue weighted by molar-refractivity contribution is 4.82. The minimum atomic E-state index is 0.931. The van der Waals surface area contributed by atoms with Crippen LogP contribution in [0.3, 0.4) is 0 Å². The highest BCUT2D eigenvalue weighted by Gasteiger charge is 2.27. The van der Waals surface area contributed by atoms with E-state index in [1.165, 1.54) is 51.6 Å². The first-order valence-electron chi connectivity index (χ1n) is 6.49. The predicted octanol–water partition coefficient (Wildman–Crippen LogP) is 3.30. The monoisotopic (exact) mass is 195 g/mol. The number of piperidine rings is 1. The van der Waals surface area contributed by atoms with E-state index in [2.05, 4.69) is 18.7 Å². The summed E-state index contributed by atoms with van der Waals surface area (Å²) in [4.78, 5) is 2.79. The average Bonchev–Trinajstić information content (AvgIpc) is 2.18. The molecule has 0 aromatic rings. The van der Waals surface area contributed by atoms with Crippen LogP contribution in [0.15, 0.2) is 0 Å². The van der Waals surface area contributed by atoms with Crippen LogP contribution in [0.25, 0.3) is 0 Å². The van der Waals surface area contributed by atoms with Gasteiger partial charge in [0.05, 0.1) is 0 Å². The fourth-order valence-corrected chi connectivity index (χ4v) is 3.46. The third-order valence-electron chi connectivity index (χ3n) is 3.99. The van der Waals surface area contributed by atoms with E-state index in [-0.39, 0.29) is 0 Å². The molecule has 0 spiro atoms. The molecule has 14 heavy (non-hydrogen) atoms. The molecular weight excluding hydrogens is 170 g/mol. The Morgan fingerprint density at radius 3 is 2.00 bits per heavy atom. The highest BCUT2D eigenvalue weighted by atomic mass is 15.2. The van der Waals surface area contributed by atoms with Crippen LogP contribution in [-0.4, -0.2) is 24.0 Å². The summed E-state index contributed by atoms with van der Waals surface area (Å²) in [6.45, 7) is 7.58. The molecule has 1 nitrogen and oxygen atoms in total. The maximum atomic E-state index is 2.79. The van der Waals surface area contributed by atoms with E-state index in [1.807, 2.05) is 0 Å². The fraction of sp³-hybridized carbons (Fsp3) is 1.00. The topological polar surface area (TPSA) is 3.24 Å². The summed E-state index contributed by atoms with van der Waals surface area (Å²) in [6.07, 6.45) is 8.82. The van der Waals surface area contributed by atoms with Crippen LogP contribution in [0.1, 0.15) is 52.4 Å². The van der Waals surface area contributed by atoms with Crippen LogP contribution < -0.4 is 0 Å². The van der Waals surface area contributed by atoms with Crippen LogP contribution in [-0.2, 0) is 0 Å². The van der Waals surface area contributed by atoms with Crippen molar-refractivity contribution in [2.75, 3.05) is 13.1 Å². The summed E-state index contributed by atoms with van der Waals surface area (Å²) in [5.41, 5.74) is 0. The Bertz CT molecular complexity index is 162. The summed E-state index contributed by atoms with van der Waals surface area (Å²) >= 11 is 0. The van der Waals surface area contributed by atoms with Crippen molar-refractivity contribution in [3.8, 4) is 0 Å². The van der Waals surface area contributed by atoms with Crippen molar-refractivity contribution in [3.63, 3.8) is 0 Å². The number of hydrogen-bond donors (Lipinski definition) is 0. The van der Waals surface area contributed by atoms with Gasteiger partial charge in [-0.3, -0.25) is 4.90 Å². The maximum Gasteiger partial charge on any atom is 0.00954 e. The van der Waals surface area contributed by atoms with Gasteiger partial charge in [-0.2, -0.15) is 0 Å². The van der Waals surface area contributed by atoms with Crippen molar-refractivity contribution in [2.45, 2.75) is 58.4 Å². The zero-order valence-electron chi connectivity index (χ0n) is 9.84. The number of likely N-dealkylation sites (tertiary alicyclic amines) is 1. The predicted molar refractivity (Wildman–Crippen MR) is 61.4 cm³/mol. The molecule has 2 fully saturated rings. The Hall–Kier alpha value is -0.0400. The minimum Gasteiger partial charge on any atom is -0.300 e. The molecule has 2 rings (SSSR count). The SMILES string of the molecule is CC1C[C@H](C)CN(C2CCCCC2)C1. The van der Waals surface area contributed by atoms with Crippen LogP contribution in [0.2, 0.25) is 0 Å². The quantitative estimate of drug-likeness (QED) is 0.620. The van der Waals surface area contributed by atoms with Crippen molar-refractivity contribution < 1.29 is 0 Å². The molecule has 1 saturated heterocycles. The largest absolute Gasteiger partial charge is 0.300 e. The molecule has 0 bridgehead atoms. The second kappa shape index (κ2) is 4.65. The van der Waals surface area contributed by atoms with E-state index in [0.29, 0.717) is 0 Å². The summed E-state index contributed by atoms with van der Waals surface area (Å²) in [6, 6.07) is 0.939. The molecule has 2 aliphatic rings. The van der Waals surface area contributed by atoms with Crippen molar-refractivity contribution in [1.29, 1.82) is 0 Å². The van der Waals surface area contributed by atoms with E-state index >= 15 is 0 Å². The van der Waals surface area contributed by atoms with Gasteiger partial charge in [0.1, 0.15) is 0 Å². The number of hydrogen-bond acceptors (Lipinski definition) is 1. The summed E-state index contributed by atoms with van der Waals surface area (Å²) < 4.78 is 0. The van der Waals surface area contributed by atoms with Gasteiger partial charge in [0.25, 0.3) is 0 Å². The smallest absolute Gasteiger partial charge is 0.00954 e. The molecule has 1 heterocycles. The summed E-state index contributed by atoms with van der Waals surface area (Å²) in [7, 11) is 0. The van der Waals surface area contributed by atoms with Gasteiger partial charge in [-0.25, -0.2) is 0 Å². The molecule has 1 heteroatoms. The van der Waals surface area contributed by atoms with E-state index in [1.54, 1.807) is 0 Å². The van der Waals surface area contributed by atoms with E-state index in [9.17, 15) is 0 Å². The lowest BCUT2D eigenvalue weighted by atomic mass is 9.87. The lowest BCUT2D eigenvalue weighted by Crippen LogP contribution is -2.45. The van der Waals surface area contributed by atoms with E-state index < -0.39 is 0 Å². The van der Waals surface area contributed by atoms with Crippen molar-refractivity contribution in [2.24, 2.45) is 11.8 Å².